The summed E-state index contributed by atoms with van der Waals surface area (Å²) in [6.45, 7) is 1.57. The van der Waals surface area contributed by atoms with Crippen LogP contribution < -0.4 is 5.32 Å². The molecule has 0 spiro atoms. The average molecular weight is 129 g/mol. The molecule has 1 saturated heterocycles. The minimum atomic E-state index is -0.575. The molecular formula is C7H12FN. The molecular weight excluding hydrogens is 117 g/mol. The average Bonchev–Trinajstić information content (AvgIpc) is 1.94. The zero-order valence-corrected chi connectivity index (χ0v) is 5.44. The minimum absolute atomic E-state index is 0.569. The van der Waals surface area contributed by atoms with E-state index in [1.165, 1.54) is 0 Å². The predicted molar refractivity (Wildman–Crippen MR) is 36.9 cm³/mol. The van der Waals surface area contributed by atoms with Crippen LogP contribution in [0, 0.1) is 12.8 Å². The molecule has 1 fully saturated rings. The first-order valence-corrected chi connectivity index (χ1v) is 3.08. The molecule has 9 heavy (non-hydrogen) atoms. The van der Waals surface area contributed by atoms with Gasteiger partial charge in [-0.2, -0.15) is 0 Å². The molecule has 0 amide bonds. The van der Waals surface area contributed by atoms with E-state index in [9.17, 15) is 4.39 Å². The lowest BCUT2D eigenvalue weighted by molar-refractivity contribution is 0.266. The Morgan fingerprint density at radius 2 is 2.11 bits per heavy atom. The SMILES string of the molecule is C#C.F[C@H]1CCCNC1. The number of alkyl halides is 1. The van der Waals surface area contributed by atoms with Crippen molar-refractivity contribution in [1.82, 2.24) is 5.32 Å². The molecule has 0 unspecified atom stereocenters. The Labute approximate surface area is 55.6 Å². The molecule has 1 aliphatic heterocycles. The quantitative estimate of drug-likeness (QED) is 0.480. The highest BCUT2D eigenvalue weighted by atomic mass is 19.1. The number of hydrogen-bond donors (Lipinski definition) is 1. The van der Waals surface area contributed by atoms with E-state index in [0.29, 0.717) is 6.54 Å². The zero-order valence-electron chi connectivity index (χ0n) is 5.44. The van der Waals surface area contributed by atoms with Crippen molar-refractivity contribution >= 4 is 0 Å². The van der Waals surface area contributed by atoms with E-state index in [4.69, 9.17) is 0 Å². The molecule has 1 rings (SSSR count). The van der Waals surface area contributed by atoms with Gasteiger partial charge >= 0.3 is 0 Å². The second-order valence-electron chi connectivity index (χ2n) is 1.94. The summed E-state index contributed by atoms with van der Waals surface area (Å²) in [6, 6.07) is 0. The van der Waals surface area contributed by atoms with E-state index in [1.54, 1.807) is 0 Å². The summed E-state index contributed by atoms with van der Waals surface area (Å²) in [6.07, 6.45) is 9.18. The summed E-state index contributed by atoms with van der Waals surface area (Å²) < 4.78 is 12.1. The van der Waals surface area contributed by atoms with Crippen molar-refractivity contribution in [2.24, 2.45) is 0 Å². The summed E-state index contributed by atoms with van der Waals surface area (Å²) in [4.78, 5) is 0. The van der Waals surface area contributed by atoms with Crippen LogP contribution in [-0.4, -0.2) is 19.3 Å². The van der Waals surface area contributed by atoms with E-state index < -0.39 is 6.17 Å². The monoisotopic (exact) mass is 129 g/mol. The molecule has 1 aliphatic rings. The van der Waals surface area contributed by atoms with Crippen molar-refractivity contribution in [2.75, 3.05) is 13.1 Å². The summed E-state index contributed by atoms with van der Waals surface area (Å²) in [5, 5.41) is 2.96. The third-order valence-corrected chi connectivity index (χ3v) is 1.24. The maximum absolute atomic E-state index is 12.1. The highest BCUT2D eigenvalue weighted by Crippen LogP contribution is 2.03. The van der Waals surface area contributed by atoms with Crippen molar-refractivity contribution in [2.45, 2.75) is 19.0 Å². The molecule has 1 nitrogen and oxygen atoms in total. The van der Waals surface area contributed by atoms with Gasteiger partial charge < -0.3 is 5.32 Å². The summed E-state index contributed by atoms with van der Waals surface area (Å²) >= 11 is 0. The number of hydrogen-bond acceptors (Lipinski definition) is 1. The summed E-state index contributed by atoms with van der Waals surface area (Å²) in [7, 11) is 0. The van der Waals surface area contributed by atoms with Gasteiger partial charge in [-0.3, -0.25) is 0 Å². The third kappa shape index (κ3) is 3.99. The third-order valence-electron chi connectivity index (χ3n) is 1.24. The normalized spacial score (nSPS) is 25.9. The fourth-order valence-corrected chi connectivity index (χ4v) is 0.809. The molecule has 0 saturated carbocycles. The van der Waals surface area contributed by atoms with Gasteiger partial charge in [-0.1, -0.05) is 0 Å². The van der Waals surface area contributed by atoms with Crippen molar-refractivity contribution in [1.29, 1.82) is 0 Å². The number of rotatable bonds is 0. The lowest BCUT2D eigenvalue weighted by Crippen LogP contribution is -2.30. The van der Waals surface area contributed by atoms with Crippen LogP contribution in [0.25, 0.3) is 0 Å². The van der Waals surface area contributed by atoms with Crippen molar-refractivity contribution in [3.63, 3.8) is 0 Å². The Bertz CT molecular complexity index is 74.2. The minimum Gasteiger partial charge on any atom is -0.314 e. The van der Waals surface area contributed by atoms with Gasteiger partial charge in [0.25, 0.3) is 0 Å². The summed E-state index contributed by atoms with van der Waals surface area (Å²) in [5.74, 6) is 0. The van der Waals surface area contributed by atoms with Crippen molar-refractivity contribution in [3.05, 3.63) is 0 Å². The Hall–Kier alpha value is -0.550. The van der Waals surface area contributed by atoms with E-state index >= 15 is 0 Å². The molecule has 2 heteroatoms. The Balaban J connectivity index is 0.000000291. The first-order valence-electron chi connectivity index (χ1n) is 3.08. The maximum Gasteiger partial charge on any atom is 0.113 e. The zero-order chi connectivity index (χ0) is 7.11. The Kier molecular flexibility index (Phi) is 5.24. The highest BCUT2D eigenvalue weighted by molar-refractivity contribution is 4.66. The van der Waals surface area contributed by atoms with Crippen LogP contribution in [0.5, 0.6) is 0 Å². The topological polar surface area (TPSA) is 12.0 Å². The number of nitrogens with one attached hydrogen (secondary N) is 1. The van der Waals surface area contributed by atoms with Gasteiger partial charge in [0.15, 0.2) is 0 Å². The van der Waals surface area contributed by atoms with Gasteiger partial charge in [-0.25, -0.2) is 4.39 Å². The molecule has 0 aromatic rings. The molecule has 1 atom stereocenters. The first kappa shape index (κ1) is 8.45. The van der Waals surface area contributed by atoms with Gasteiger partial charge in [-0.05, 0) is 19.4 Å². The van der Waals surface area contributed by atoms with Crippen LogP contribution in [0.2, 0.25) is 0 Å². The molecule has 52 valence electrons. The van der Waals surface area contributed by atoms with Crippen molar-refractivity contribution < 1.29 is 4.39 Å². The van der Waals surface area contributed by atoms with Crippen LogP contribution in [0.3, 0.4) is 0 Å². The van der Waals surface area contributed by atoms with Gasteiger partial charge in [0.05, 0.1) is 0 Å². The Morgan fingerprint density at radius 3 is 2.33 bits per heavy atom. The van der Waals surface area contributed by atoms with Gasteiger partial charge in [0.1, 0.15) is 6.17 Å². The molecule has 0 aromatic carbocycles. The largest absolute Gasteiger partial charge is 0.314 e. The van der Waals surface area contributed by atoms with Gasteiger partial charge in [0.2, 0.25) is 0 Å². The first-order chi connectivity index (χ1) is 4.39. The fraction of sp³-hybridized carbons (Fsp3) is 0.714. The lowest BCUT2D eigenvalue weighted by Gasteiger charge is -2.14. The van der Waals surface area contributed by atoms with Crippen LogP contribution in [0.1, 0.15) is 12.8 Å². The lowest BCUT2D eigenvalue weighted by atomic mass is 10.1. The molecule has 0 radical (unpaired) electrons. The van der Waals surface area contributed by atoms with Crippen LogP contribution >= 0.6 is 0 Å². The summed E-state index contributed by atoms with van der Waals surface area (Å²) in [5.41, 5.74) is 0. The molecule has 0 aliphatic carbocycles. The predicted octanol–water partition coefficient (Wildman–Crippen LogP) is 0.957. The second-order valence-corrected chi connectivity index (χ2v) is 1.94. The smallest absolute Gasteiger partial charge is 0.113 e. The van der Waals surface area contributed by atoms with Crippen LogP contribution in [0.15, 0.2) is 0 Å². The van der Waals surface area contributed by atoms with E-state index in [0.717, 1.165) is 19.4 Å². The van der Waals surface area contributed by atoms with E-state index in [2.05, 4.69) is 18.2 Å². The highest BCUT2D eigenvalue weighted by Gasteiger charge is 2.08. The number of piperidine rings is 1. The van der Waals surface area contributed by atoms with Crippen molar-refractivity contribution in [3.8, 4) is 12.8 Å². The van der Waals surface area contributed by atoms with Crippen LogP contribution in [-0.2, 0) is 0 Å². The Morgan fingerprint density at radius 1 is 1.44 bits per heavy atom. The second kappa shape index (κ2) is 5.58. The van der Waals surface area contributed by atoms with Gasteiger partial charge in [0, 0.05) is 6.54 Å². The van der Waals surface area contributed by atoms with Gasteiger partial charge in [-0.15, -0.1) is 12.8 Å². The van der Waals surface area contributed by atoms with E-state index in [1.807, 2.05) is 0 Å². The fourth-order valence-electron chi connectivity index (χ4n) is 0.809. The van der Waals surface area contributed by atoms with Crippen LogP contribution in [0.4, 0.5) is 4.39 Å². The number of terminal acetylenes is 1. The maximum atomic E-state index is 12.1. The van der Waals surface area contributed by atoms with E-state index in [-0.39, 0.29) is 0 Å². The molecule has 0 bridgehead atoms. The standard InChI is InChI=1S/C5H10FN.C2H2/c6-5-2-1-3-7-4-5;1-2/h5,7H,1-4H2;1-2H/t5-;/m0./s1. The molecule has 1 N–H and O–H groups in total. The number of halogens is 1. The molecule has 1 heterocycles. The molecule has 0 aromatic heterocycles.